The van der Waals surface area contributed by atoms with Crippen molar-refractivity contribution in [3.8, 4) is 0 Å². The molecule has 6 heteroatoms. The minimum absolute atomic E-state index is 0.643. The van der Waals surface area contributed by atoms with E-state index in [4.69, 9.17) is 31.3 Å². The Morgan fingerprint density at radius 1 is 0.654 bits per heavy atom. The number of hydrogen-bond donors (Lipinski definition) is 4. The first-order valence-corrected chi connectivity index (χ1v) is 8.39. The lowest BCUT2D eigenvalue weighted by atomic mass is 10.1. The highest BCUT2D eigenvalue weighted by molar-refractivity contribution is 6.27. The second-order valence-corrected chi connectivity index (χ2v) is 5.36. The van der Waals surface area contributed by atoms with Gasteiger partial charge in [0.05, 0.1) is 0 Å². The molecule has 0 saturated carbocycles. The van der Waals surface area contributed by atoms with Gasteiger partial charge in [0, 0.05) is 13.1 Å². The molecular weight excluding hydrogens is 332 g/mol. The van der Waals surface area contributed by atoms with Crippen molar-refractivity contribution in [3.63, 3.8) is 0 Å². The van der Waals surface area contributed by atoms with E-state index >= 15 is 0 Å². The average Bonchev–Trinajstić information content (AvgIpc) is 2.69. The second-order valence-electron chi connectivity index (χ2n) is 5.36. The van der Waals surface area contributed by atoms with Crippen LogP contribution in [0, 0.1) is 0 Å². The number of carbonyl (C=O) groups is 2. The summed E-state index contributed by atoms with van der Waals surface area (Å²) in [6, 6.07) is 16.8. The Balaban J connectivity index is 0.000000375. The van der Waals surface area contributed by atoms with Crippen molar-refractivity contribution < 1.29 is 19.8 Å². The number of aliphatic carboxylic acids is 2. The van der Waals surface area contributed by atoms with E-state index in [1.807, 2.05) is 0 Å². The molecule has 0 heterocycles. The maximum Gasteiger partial charge on any atom is 0.414 e. The quantitative estimate of drug-likeness (QED) is 0.621. The second kappa shape index (κ2) is 13.6. The standard InChI is InChI=1S/2C9H13N.C2H2O4/c2*1-2-8-3-5-9(7-10)6-4-8;3-1(4)2(5)6/h2*3-6H,2,7,10H2,1H3;(H,3,4)(H,5,6). The molecule has 142 valence electrons. The average molecular weight is 360 g/mol. The van der Waals surface area contributed by atoms with Crippen molar-refractivity contribution >= 4 is 11.9 Å². The Bertz CT molecular complexity index is 547. The van der Waals surface area contributed by atoms with E-state index in [9.17, 15) is 0 Å². The molecule has 0 saturated heterocycles. The first-order valence-electron chi connectivity index (χ1n) is 8.39. The van der Waals surface area contributed by atoms with Gasteiger partial charge >= 0.3 is 11.9 Å². The van der Waals surface area contributed by atoms with Gasteiger partial charge < -0.3 is 21.7 Å². The van der Waals surface area contributed by atoms with Crippen LogP contribution in [0.15, 0.2) is 48.5 Å². The van der Waals surface area contributed by atoms with Crippen LogP contribution in [-0.4, -0.2) is 22.2 Å². The lowest BCUT2D eigenvalue weighted by Crippen LogP contribution is -2.09. The largest absolute Gasteiger partial charge is 0.473 e. The van der Waals surface area contributed by atoms with Crippen molar-refractivity contribution in [1.29, 1.82) is 0 Å². The van der Waals surface area contributed by atoms with Crippen LogP contribution in [-0.2, 0) is 35.5 Å². The number of aryl methyl sites for hydroxylation is 2. The van der Waals surface area contributed by atoms with Crippen molar-refractivity contribution in [2.75, 3.05) is 0 Å². The Morgan fingerprint density at radius 3 is 1.04 bits per heavy atom. The summed E-state index contributed by atoms with van der Waals surface area (Å²) in [5.41, 5.74) is 16.0. The van der Waals surface area contributed by atoms with E-state index in [1.54, 1.807) is 0 Å². The predicted octanol–water partition coefficient (Wildman–Crippen LogP) is 2.57. The third-order valence-electron chi connectivity index (χ3n) is 3.52. The summed E-state index contributed by atoms with van der Waals surface area (Å²) in [6.45, 7) is 5.59. The van der Waals surface area contributed by atoms with Crippen LogP contribution >= 0.6 is 0 Å². The molecule has 0 atom stereocenters. The van der Waals surface area contributed by atoms with Crippen LogP contribution in [0.5, 0.6) is 0 Å². The molecule has 26 heavy (non-hydrogen) atoms. The van der Waals surface area contributed by atoms with Crippen LogP contribution in [0.4, 0.5) is 0 Å². The Morgan fingerprint density at radius 2 is 0.885 bits per heavy atom. The number of carboxylic acids is 2. The van der Waals surface area contributed by atoms with E-state index < -0.39 is 11.9 Å². The van der Waals surface area contributed by atoms with Crippen LogP contribution in [0.1, 0.15) is 36.1 Å². The monoisotopic (exact) mass is 360 g/mol. The minimum Gasteiger partial charge on any atom is -0.473 e. The molecule has 0 bridgehead atoms. The van der Waals surface area contributed by atoms with E-state index in [-0.39, 0.29) is 0 Å². The molecular formula is C20H28N2O4. The number of benzene rings is 2. The van der Waals surface area contributed by atoms with Crippen LogP contribution in [0.25, 0.3) is 0 Å². The molecule has 0 aliphatic carbocycles. The molecule has 0 spiro atoms. The molecule has 2 aromatic carbocycles. The van der Waals surface area contributed by atoms with Gasteiger partial charge in [0.2, 0.25) is 0 Å². The van der Waals surface area contributed by atoms with Gasteiger partial charge in [0.1, 0.15) is 0 Å². The molecule has 2 aromatic rings. The highest BCUT2D eigenvalue weighted by Crippen LogP contribution is 2.04. The third-order valence-corrected chi connectivity index (χ3v) is 3.52. The van der Waals surface area contributed by atoms with Crippen LogP contribution < -0.4 is 11.5 Å². The molecule has 0 fully saturated rings. The van der Waals surface area contributed by atoms with Gasteiger partial charge in [-0.25, -0.2) is 9.59 Å². The van der Waals surface area contributed by atoms with Crippen molar-refractivity contribution in [3.05, 3.63) is 70.8 Å². The highest BCUT2D eigenvalue weighted by Gasteiger charge is 2.04. The van der Waals surface area contributed by atoms with Crippen LogP contribution in [0.3, 0.4) is 0 Å². The molecule has 6 nitrogen and oxygen atoms in total. The van der Waals surface area contributed by atoms with E-state index in [0.29, 0.717) is 13.1 Å². The number of carboxylic acid groups (broad SMARTS) is 2. The fourth-order valence-electron chi connectivity index (χ4n) is 1.82. The van der Waals surface area contributed by atoms with Crippen molar-refractivity contribution in [1.82, 2.24) is 0 Å². The van der Waals surface area contributed by atoms with Crippen LogP contribution in [0.2, 0.25) is 0 Å². The van der Waals surface area contributed by atoms with Gasteiger partial charge in [-0.15, -0.1) is 0 Å². The normalized spacial score (nSPS) is 9.23. The molecule has 6 N–H and O–H groups in total. The first kappa shape index (κ1) is 23.3. The van der Waals surface area contributed by atoms with E-state index in [2.05, 4.69) is 62.4 Å². The molecule has 0 radical (unpaired) electrons. The maximum atomic E-state index is 9.10. The fraction of sp³-hybridized carbons (Fsp3) is 0.300. The summed E-state index contributed by atoms with van der Waals surface area (Å²) >= 11 is 0. The lowest BCUT2D eigenvalue weighted by molar-refractivity contribution is -0.159. The van der Waals surface area contributed by atoms with E-state index in [1.165, 1.54) is 22.3 Å². The summed E-state index contributed by atoms with van der Waals surface area (Å²) in [4.78, 5) is 18.2. The maximum absolute atomic E-state index is 9.10. The SMILES string of the molecule is CCc1ccc(CN)cc1.CCc1ccc(CN)cc1.O=C(O)C(=O)O. The Labute approximate surface area is 154 Å². The smallest absolute Gasteiger partial charge is 0.414 e. The van der Waals surface area contributed by atoms with Gasteiger partial charge in [-0.2, -0.15) is 0 Å². The molecule has 0 amide bonds. The van der Waals surface area contributed by atoms with Gasteiger partial charge in [-0.05, 0) is 35.1 Å². The zero-order valence-corrected chi connectivity index (χ0v) is 15.3. The fourth-order valence-corrected chi connectivity index (χ4v) is 1.82. The summed E-state index contributed by atoms with van der Waals surface area (Å²) in [5.74, 6) is -3.65. The minimum atomic E-state index is -1.82. The number of rotatable bonds is 4. The molecule has 0 aliphatic heterocycles. The van der Waals surface area contributed by atoms with Gasteiger partial charge in [0.15, 0.2) is 0 Å². The summed E-state index contributed by atoms with van der Waals surface area (Å²) in [6.07, 6.45) is 2.20. The third kappa shape index (κ3) is 10.2. The lowest BCUT2D eigenvalue weighted by Gasteiger charge is -1.97. The zero-order valence-electron chi connectivity index (χ0n) is 15.3. The first-order chi connectivity index (χ1) is 12.4. The zero-order chi connectivity index (χ0) is 19.9. The summed E-state index contributed by atoms with van der Waals surface area (Å²) in [5, 5.41) is 14.8. The Kier molecular flexibility index (Phi) is 12.2. The summed E-state index contributed by atoms with van der Waals surface area (Å²) in [7, 11) is 0. The molecule has 0 unspecified atom stereocenters. The molecule has 0 aromatic heterocycles. The topological polar surface area (TPSA) is 127 Å². The van der Waals surface area contributed by atoms with Gasteiger partial charge in [-0.1, -0.05) is 62.4 Å². The van der Waals surface area contributed by atoms with Gasteiger partial charge in [-0.3, -0.25) is 0 Å². The molecule has 0 aliphatic rings. The highest BCUT2D eigenvalue weighted by atomic mass is 16.4. The molecule has 2 rings (SSSR count). The van der Waals surface area contributed by atoms with E-state index in [0.717, 1.165) is 12.8 Å². The van der Waals surface area contributed by atoms with Gasteiger partial charge in [0.25, 0.3) is 0 Å². The predicted molar refractivity (Wildman–Crippen MR) is 103 cm³/mol. The van der Waals surface area contributed by atoms with Crippen molar-refractivity contribution in [2.24, 2.45) is 11.5 Å². The van der Waals surface area contributed by atoms with Crippen molar-refractivity contribution in [2.45, 2.75) is 39.8 Å². The number of nitrogens with two attached hydrogens (primary N) is 2. The Hall–Kier alpha value is -2.70. The number of hydrogen-bond acceptors (Lipinski definition) is 4. The summed E-state index contributed by atoms with van der Waals surface area (Å²) < 4.78 is 0.